The van der Waals surface area contributed by atoms with E-state index in [0.29, 0.717) is 0 Å². The molecule has 0 fully saturated rings. The van der Waals surface area contributed by atoms with Crippen molar-refractivity contribution in [1.29, 1.82) is 0 Å². The van der Waals surface area contributed by atoms with Crippen LogP contribution in [0.15, 0.2) is 48.5 Å². The summed E-state index contributed by atoms with van der Waals surface area (Å²) < 4.78 is 0. The Bertz CT molecular complexity index is 582. The largest absolute Gasteiger partial charge is 0.0620 e. The minimum absolute atomic E-state index is 0.768. The van der Waals surface area contributed by atoms with E-state index in [-0.39, 0.29) is 0 Å². The maximum absolute atomic E-state index is 2.36. The van der Waals surface area contributed by atoms with Gasteiger partial charge in [-0.25, -0.2) is 0 Å². The molecule has 2 aliphatic carbocycles. The van der Waals surface area contributed by atoms with E-state index in [9.17, 15) is 0 Å². The first-order valence-electron chi connectivity index (χ1n) is 7.06. The van der Waals surface area contributed by atoms with Gasteiger partial charge in [0.2, 0.25) is 0 Å². The molecule has 0 saturated carbocycles. The molecule has 0 heteroatoms. The molecule has 2 aromatic carbocycles. The van der Waals surface area contributed by atoms with Gasteiger partial charge in [-0.1, -0.05) is 48.5 Å². The van der Waals surface area contributed by atoms with E-state index >= 15 is 0 Å². The molecule has 18 heavy (non-hydrogen) atoms. The van der Waals surface area contributed by atoms with Crippen molar-refractivity contribution in [2.24, 2.45) is 5.92 Å². The summed E-state index contributed by atoms with van der Waals surface area (Å²) in [5.41, 5.74) is 6.40. The summed E-state index contributed by atoms with van der Waals surface area (Å²) in [7, 11) is 0. The number of rotatable bonds is 0. The maximum atomic E-state index is 2.36. The van der Waals surface area contributed by atoms with Gasteiger partial charge in [-0.3, -0.25) is 0 Å². The van der Waals surface area contributed by atoms with Crippen molar-refractivity contribution in [3.63, 3.8) is 0 Å². The van der Waals surface area contributed by atoms with E-state index in [1.807, 2.05) is 0 Å². The Labute approximate surface area is 109 Å². The Morgan fingerprint density at radius 1 is 0.722 bits per heavy atom. The summed E-state index contributed by atoms with van der Waals surface area (Å²) in [5.74, 6) is 1.64. The molecule has 0 nitrogen and oxygen atoms in total. The van der Waals surface area contributed by atoms with E-state index in [4.69, 9.17) is 0 Å². The molecule has 0 saturated heterocycles. The van der Waals surface area contributed by atoms with Gasteiger partial charge >= 0.3 is 0 Å². The Morgan fingerprint density at radius 2 is 1.39 bits per heavy atom. The third kappa shape index (κ3) is 1.52. The molecular formula is C18H18. The van der Waals surface area contributed by atoms with Crippen molar-refractivity contribution < 1.29 is 0 Å². The lowest BCUT2D eigenvalue weighted by Gasteiger charge is -2.38. The topological polar surface area (TPSA) is 0 Å². The van der Waals surface area contributed by atoms with Crippen molar-refractivity contribution in [3.05, 3.63) is 70.8 Å². The highest BCUT2D eigenvalue weighted by molar-refractivity contribution is 5.40. The van der Waals surface area contributed by atoms with Gasteiger partial charge in [0, 0.05) is 0 Å². The Kier molecular flexibility index (Phi) is 2.29. The fourth-order valence-corrected chi connectivity index (χ4v) is 3.92. The third-order valence-electron chi connectivity index (χ3n) is 4.85. The van der Waals surface area contributed by atoms with Gasteiger partial charge in [-0.2, -0.15) is 0 Å². The van der Waals surface area contributed by atoms with Crippen molar-refractivity contribution in [1.82, 2.24) is 0 Å². The SMILES string of the molecule is c1ccc2c(c1)CC1CCc3ccccc3C1C2. The molecular weight excluding hydrogens is 216 g/mol. The highest BCUT2D eigenvalue weighted by Gasteiger charge is 2.33. The van der Waals surface area contributed by atoms with Crippen LogP contribution in [0.1, 0.15) is 34.6 Å². The lowest BCUT2D eigenvalue weighted by atomic mass is 9.66. The summed E-state index contributed by atoms with van der Waals surface area (Å²) in [6.07, 6.45) is 5.18. The van der Waals surface area contributed by atoms with Gasteiger partial charge in [0.1, 0.15) is 0 Å². The summed E-state index contributed by atoms with van der Waals surface area (Å²) in [6.45, 7) is 0. The van der Waals surface area contributed by atoms with Crippen molar-refractivity contribution in [2.45, 2.75) is 31.6 Å². The summed E-state index contributed by atoms with van der Waals surface area (Å²) >= 11 is 0. The molecule has 0 spiro atoms. The van der Waals surface area contributed by atoms with Crippen LogP contribution in [0, 0.1) is 5.92 Å². The van der Waals surface area contributed by atoms with E-state index in [2.05, 4.69) is 48.5 Å². The number of hydrogen-bond donors (Lipinski definition) is 0. The number of hydrogen-bond acceptors (Lipinski definition) is 0. The molecule has 0 bridgehead atoms. The summed E-state index contributed by atoms with van der Waals surface area (Å²) in [5, 5.41) is 0. The average molecular weight is 234 g/mol. The van der Waals surface area contributed by atoms with Gasteiger partial charge in [-0.05, 0) is 59.8 Å². The van der Waals surface area contributed by atoms with Crippen LogP contribution in [0.25, 0.3) is 0 Å². The van der Waals surface area contributed by atoms with Gasteiger partial charge in [0.25, 0.3) is 0 Å². The normalized spacial score (nSPS) is 24.9. The predicted octanol–water partition coefficient (Wildman–Crippen LogP) is 4.13. The van der Waals surface area contributed by atoms with E-state index in [0.717, 1.165) is 11.8 Å². The van der Waals surface area contributed by atoms with Crippen molar-refractivity contribution in [2.75, 3.05) is 0 Å². The molecule has 0 aromatic heterocycles. The van der Waals surface area contributed by atoms with Gasteiger partial charge in [0.05, 0.1) is 0 Å². The fourth-order valence-electron chi connectivity index (χ4n) is 3.92. The number of fused-ring (bicyclic) bond motifs is 4. The molecule has 0 N–H and O–H groups in total. The predicted molar refractivity (Wildman–Crippen MR) is 74.8 cm³/mol. The van der Waals surface area contributed by atoms with Crippen LogP contribution in [0.5, 0.6) is 0 Å². The lowest BCUT2D eigenvalue weighted by molar-refractivity contribution is 0.348. The highest BCUT2D eigenvalue weighted by atomic mass is 14.4. The molecule has 2 aromatic rings. The first-order chi connectivity index (χ1) is 8.92. The molecule has 2 aliphatic rings. The Hall–Kier alpha value is -1.56. The highest BCUT2D eigenvalue weighted by Crippen LogP contribution is 2.43. The second-order valence-corrected chi connectivity index (χ2v) is 5.78. The van der Waals surface area contributed by atoms with Crippen LogP contribution in [0.3, 0.4) is 0 Å². The van der Waals surface area contributed by atoms with E-state index in [1.165, 1.54) is 25.7 Å². The quantitative estimate of drug-likeness (QED) is 0.643. The molecule has 0 radical (unpaired) electrons. The van der Waals surface area contributed by atoms with E-state index in [1.54, 1.807) is 22.3 Å². The second kappa shape index (κ2) is 3.98. The van der Waals surface area contributed by atoms with Crippen molar-refractivity contribution >= 4 is 0 Å². The minimum Gasteiger partial charge on any atom is -0.0620 e. The number of aryl methyl sites for hydroxylation is 1. The fraction of sp³-hybridized carbons (Fsp3) is 0.333. The Balaban J connectivity index is 1.79. The zero-order chi connectivity index (χ0) is 11.9. The lowest BCUT2D eigenvalue weighted by Crippen LogP contribution is -2.28. The van der Waals surface area contributed by atoms with Gasteiger partial charge in [-0.15, -0.1) is 0 Å². The van der Waals surface area contributed by atoms with Crippen LogP contribution in [0.2, 0.25) is 0 Å². The van der Waals surface area contributed by atoms with Crippen LogP contribution >= 0.6 is 0 Å². The third-order valence-corrected chi connectivity index (χ3v) is 4.85. The van der Waals surface area contributed by atoms with Crippen molar-refractivity contribution in [3.8, 4) is 0 Å². The molecule has 4 rings (SSSR count). The summed E-state index contributed by atoms with van der Waals surface area (Å²) in [6, 6.07) is 18.1. The molecule has 0 heterocycles. The van der Waals surface area contributed by atoms with E-state index < -0.39 is 0 Å². The van der Waals surface area contributed by atoms with Gasteiger partial charge < -0.3 is 0 Å². The molecule has 2 unspecified atom stereocenters. The number of benzene rings is 2. The molecule has 2 atom stereocenters. The van der Waals surface area contributed by atoms with Crippen LogP contribution < -0.4 is 0 Å². The smallest absolute Gasteiger partial charge is 0.00870 e. The Morgan fingerprint density at radius 3 is 2.22 bits per heavy atom. The molecule has 0 aliphatic heterocycles. The van der Waals surface area contributed by atoms with Crippen LogP contribution in [-0.2, 0) is 19.3 Å². The second-order valence-electron chi connectivity index (χ2n) is 5.78. The molecule has 90 valence electrons. The van der Waals surface area contributed by atoms with Crippen LogP contribution in [0.4, 0.5) is 0 Å². The first-order valence-corrected chi connectivity index (χ1v) is 7.06. The van der Waals surface area contributed by atoms with Crippen LogP contribution in [-0.4, -0.2) is 0 Å². The monoisotopic (exact) mass is 234 g/mol. The average Bonchev–Trinajstić information content (AvgIpc) is 2.45. The molecule has 0 amide bonds. The maximum Gasteiger partial charge on any atom is -0.00870 e. The van der Waals surface area contributed by atoms with Gasteiger partial charge in [0.15, 0.2) is 0 Å². The zero-order valence-electron chi connectivity index (χ0n) is 10.6. The minimum atomic E-state index is 0.768. The zero-order valence-corrected chi connectivity index (χ0v) is 10.6. The first kappa shape index (κ1) is 10.4. The summed E-state index contributed by atoms with van der Waals surface area (Å²) in [4.78, 5) is 0. The standard InChI is InChI=1S/C18H18/c1-2-7-15-12-18-16(11-14(15)6-1)10-9-13-5-3-4-8-17(13)18/h1-8,16,18H,9-12H2.